The molecule has 6 heteroatoms. The molecule has 28 heavy (non-hydrogen) atoms. The average molecular weight is 612 g/mol. The molecule has 0 radical (unpaired) electrons. The van der Waals surface area contributed by atoms with E-state index in [0.717, 1.165) is 30.6 Å². The summed E-state index contributed by atoms with van der Waals surface area (Å²) in [5.41, 5.74) is 0. The predicted octanol–water partition coefficient (Wildman–Crippen LogP) is 5.70. The molecule has 0 saturated heterocycles. The Balaban J connectivity index is 4.19. The Hall–Kier alpha value is 0.537. The standard InChI is InChI=1S/C6H10O4.4C4H9.2Sn.2H/c7-5(8)3-1-2-4-6(9)10;4*1-4(2)3;;;;/h1-4H2,(H,7,8)(H,9,10);4*4H,1H2,2-3H3;;;;/q;;;;;2*+1;;/p-2. The molecule has 0 saturated carbocycles. The molecular weight excluding hydrogens is 566 g/mol. The van der Waals surface area contributed by atoms with Crippen LogP contribution in [0.3, 0.4) is 0 Å². The van der Waals surface area contributed by atoms with Gasteiger partial charge in [-0.1, -0.05) is 0 Å². The van der Waals surface area contributed by atoms with Gasteiger partial charge in [0.2, 0.25) is 0 Å². The van der Waals surface area contributed by atoms with E-state index in [1.54, 1.807) is 0 Å². The molecule has 0 aromatic rings. The first-order chi connectivity index (χ1) is 13.0. The molecule has 166 valence electrons. The predicted molar refractivity (Wildman–Crippen MR) is 124 cm³/mol. The Labute approximate surface area is 189 Å². The molecule has 0 N–H and O–H groups in total. The third kappa shape index (κ3) is 17.4. The van der Waals surface area contributed by atoms with Crippen molar-refractivity contribution in [3.8, 4) is 0 Å². The Bertz CT molecular complexity index is 376. The van der Waals surface area contributed by atoms with Crippen molar-refractivity contribution >= 4 is 52.3 Å². The van der Waals surface area contributed by atoms with E-state index in [9.17, 15) is 9.59 Å². The van der Waals surface area contributed by atoms with E-state index in [4.69, 9.17) is 6.15 Å². The van der Waals surface area contributed by atoms with Crippen LogP contribution in [0.5, 0.6) is 0 Å². The Morgan fingerprint density at radius 1 is 0.571 bits per heavy atom. The fourth-order valence-corrected chi connectivity index (χ4v) is 20.5. The van der Waals surface area contributed by atoms with Gasteiger partial charge in [0, 0.05) is 0 Å². The van der Waals surface area contributed by atoms with Crippen LogP contribution in [0.4, 0.5) is 0 Å². The summed E-state index contributed by atoms with van der Waals surface area (Å²) in [6.45, 7) is 17.7. The average Bonchev–Trinajstić information content (AvgIpc) is 2.48. The molecule has 0 amide bonds. The number of hydrogen-bond acceptors (Lipinski definition) is 4. The summed E-state index contributed by atoms with van der Waals surface area (Å²) in [5, 5.41) is 0. The van der Waals surface area contributed by atoms with Crippen LogP contribution in [0.15, 0.2) is 0 Å². The van der Waals surface area contributed by atoms with Gasteiger partial charge in [0.05, 0.1) is 0 Å². The van der Waals surface area contributed by atoms with Gasteiger partial charge in [-0.05, 0) is 0 Å². The molecule has 4 nitrogen and oxygen atoms in total. The van der Waals surface area contributed by atoms with Crippen LogP contribution < -0.4 is 0 Å². The zero-order valence-corrected chi connectivity index (χ0v) is 26.3. The number of carbonyl (C=O) groups is 2. The molecule has 0 aliphatic rings. The molecule has 0 aromatic carbocycles. The molecule has 0 unspecified atom stereocenters. The van der Waals surface area contributed by atoms with Gasteiger partial charge in [-0.15, -0.1) is 0 Å². The van der Waals surface area contributed by atoms with Crippen LogP contribution in [0.25, 0.3) is 0 Å². The second kappa shape index (κ2) is 16.3. The van der Waals surface area contributed by atoms with Crippen molar-refractivity contribution in [3.05, 3.63) is 0 Å². The van der Waals surface area contributed by atoms with E-state index in [-0.39, 0.29) is 11.9 Å². The summed E-state index contributed by atoms with van der Waals surface area (Å²) in [4.78, 5) is 24.4. The normalized spacial score (nSPS) is 12.1. The van der Waals surface area contributed by atoms with Gasteiger partial charge in [0.15, 0.2) is 0 Å². The molecule has 0 bridgehead atoms. The Morgan fingerprint density at radius 2 is 0.821 bits per heavy atom. The zero-order valence-electron chi connectivity index (χ0n) is 19.8. The van der Waals surface area contributed by atoms with Crippen LogP contribution in [-0.2, 0) is 15.7 Å². The van der Waals surface area contributed by atoms with Crippen molar-refractivity contribution in [1.29, 1.82) is 0 Å². The second-order valence-electron chi connectivity index (χ2n) is 9.95. The quantitative estimate of drug-likeness (QED) is 0.176. The van der Waals surface area contributed by atoms with Gasteiger partial charge in [-0.3, -0.25) is 0 Å². The zero-order chi connectivity index (χ0) is 21.7. The molecule has 0 aliphatic heterocycles. The van der Waals surface area contributed by atoms with Gasteiger partial charge in [0.1, 0.15) is 0 Å². The van der Waals surface area contributed by atoms with Crippen molar-refractivity contribution in [2.75, 3.05) is 0 Å². The molecule has 0 heterocycles. The summed E-state index contributed by atoms with van der Waals surface area (Å²) < 4.78 is 16.3. The topological polar surface area (TPSA) is 52.6 Å². The molecule has 0 fully saturated rings. The van der Waals surface area contributed by atoms with Crippen molar-refractivity contribution in [2.45, 2.75) is 98.8 Å². The SMILES string of the molecule is CC(C)[CH2][SnH]([CH2]C(C)C)[O]C(=O)CCCCC(=O)[O][SnH]([CH2]C(C)C)[CH2]C(C)C. The van der Waals surface area contributed by atoms with Crippen LogP contribution in [0.2, 0.25) is 17.7 Å². The van der Waals surface area contributed by atoms with E-state index in [1.165, 1.54) is 0 Å². The van der Waals surface area contributed by atoms with Crippen molar-refractivity contribution in [1.82, 2.24) is 0 Å². The summed E-state index contributed by atoms with van der Waals surface area (Å²) in [6, 6.07) is 0. The van der Waals surface area contributed by atoms with E-state index in [0.29, 0.717) is 36.5 Å². The fraction of sp³-hybridized carbons (Fsp3) is 0.909. The maximum atomic E-state index is 12.2. The summed E-state index contributed by atoms with van der Waals surface area (Å²) >= 11 is -4.43. The van der Waals surface area contributed by atoms with Crippen LogP contribution in [0.1, 0.15) is 81.1 Å². The molecular formula is C22H46O4Sn2. The number of unbranched alkanes of at least 4 members (excludes halogenated alkanes) is 1. The van der Waals surface area contributed by atoms with Crippen LogP contribution >= 0.6 is 0 Å². The summed E-state index contributed by atoms with van der Waals surface area (Å²) in [7, 11) is 0. The first kappa shape index (κ1) is 28.5. The van der Waals surface area contributed by atoms with Crippen molar-refractivity contribution in [2.24, 2.45) is 23.7 Å². The molecule has 0 spiro atoms. The Kier molecular flexibility index (Phi) is 16.6. The molecule has 0 aromatic heterocycles. The second-order valence-corrected chi connectivity index (χ2v) is 23.8. The van der Waals surface area contributed by atoms with E-state index >= 15 is 0 Å². The third-order valence-electron chi connectivity index (χ3n) is 4.55. The number of carbonyl (C=O) groups excluding carboxylic acids is 2. The van der Waals surface area contributed by atoms with Crippen LogP contribution in [0, 0.1) is 23.7 Å². The molecule has 0 rings (SSSR count). The minimum absolute atomic E-state index is 0.0351. The number of rotatable bonds is 15. The van der Waals surface area contributed by atoms with Crippen molar-refractivity contribution in [3.63, 3.8) is 0 Å². The van der Waals surface area contributed by atoms with Gasteiger partial charge < -0.3 is 0 Å². The monoisotopic (exact) mass is 614 g/mol. The molecule has 0 aliphatic carbocycles. The van der Waals surface area contributed by atoms with Gasteiger partial charge in [0.25, 0.3) is 0 Å². The Morgan fingerprint density at radius 3 is 1.04 bits per heavy atom. The third-order valence-corrected chi connectivity index (χ3v) is 24.7. The first-order valence-corrected chi connectivity index (χ1v) is 23.4. The first-order valence-electron chi connectivity index (χ1n) is 11.4. The number of hydrogen-bond donors (Lipinski definition) is 0. The minimum atomic E-state index is -2.21. The van der Waals surface area contributed by atoms with Gasteiger partial charge >= 0.3 is 191 Å². The van der Waals surface area contributed by atoms with E-state index in [1.807, 2.05) is 0 Å². The summed E-state index contributed by atoms with van der Waals surface area (Å²) in [5.74, 6) is 2.37. The van der Waals surface area contributed by atoms with Gasteiger partial charge in [-0.25, -0.2) is 0 Å². The van der Waals surface area contributed by atoms with E-state index in [2.05, 4.69) is 55.4 Å². The van der Waals surface area contributed by atoms with E-state index < -0.39 is 40.3 Å². The maximum absolute atomic E-state index is 12.2. The molecule has 0 atom stereocenters. The fourth-order valence-electron chi connectivity index (χ4n) is 3.52. The van der Waals surface area contributed by atoms with Crippen molar-refractivity contribution < 1.29 is 15.7 Å². The van der Waals surface area contributed by atoms with Gasteiger partial charge in [-0.2, -0.15) is 0 Å². The van der Waals surface area contributed by atoms with Crippen LogP contribution in [-0.4, -0.2) is 52.3 Å². The summed E-state index contributed by atoms with van der Waals surface area (Å²) in [6.07, 6.45) is 2.35.